The normalized spacial score (nSPS) is 19.5. The van der Waals surface area contributed by atoms with Crippen molar-refractivity contribution >= 4 is 28.1 Å². The number of amides is 1. The minimum Gasteiger partial charge on any atom is -0.390 e. The van der Waals surface area contributed by atoms with Crippen LogP contribution in [0.2, 0.25) is 0 Å². The molecule has 2 aliphatic heterocycles. The lowest BCUT2D eigenvalue weighted by Crippen LogP contribution is -2.33. The zero-order valence-corrected chi connectivity index (χ0v) is 17.6. The highest BCUT2D eigenvalue weighted by molar-refractivity contribution is 7.15. The predicted molar refractivity (Wildman–Crippen MR) is 110 cm³/mol. The van der Waals surface area contributed by atoms with Crippen LogP contribution in [0, 0.1) is 18.6 Å². The molecule has 2 aliphatic rings. The van der Waals surface area contributed by atoms with Gasteiger partial charge in [-0.1, -0.05) is 16.5 Å². The Kier molecular flexibility index (Phi) is 5.94. The first-order valence-electron chi connectivity index (χ1n) is 9.92. The van der Waals surface area contributed by atoms with Crippen molar-refractivity contribution in [3.63, 3.8) is 0 Å². The van der Waals surface area contributed by atoms with Crippen LogP contribution in [-0.2, 0) is 9.63 Å². The predicted octanol–water partition coefficient (Wildman–Crippen LogP) is 3.14. The van der Waals surface area contributed by atoms with Gasteiger partial charge in [-0.2, -0.15) is 0 Å². The SMILES string of the molecule is CC(=O)NCC1CC(c2cc(F)c(C3CCN(c4nnc(C)s4)CC3)c(F)c2)=NO1. The van der Waals surface area contributed by atoms with Gasteiger partial charge in [-0.05, 0) is 37.8 Å². The smallest absolute Gasteiger partial charge is 0.217 e. The number of piperidine rings is 1. The van der Waals surface area contributed by atoms with Crippen LogP contribution in [-0.4, -0.2) is 47.6 Å². The summed E-state index contributed by atoms with van der Waals surface area (Å²) < 4.78 is 29.8. The molecule has 0 spiro atoms. The van der Waals surface area contributed by atoms with Gasteiger partial charge in [0.15, 0.2) is 0 Å². The zero-order chi connectivity index (χ0) is 21.3. The Morgan fingerprint density at radius 3 is 2.57 bits per heavy atom. The van der Waals surface area contributed by atoms with Gasteiger partial charge in [-0.3, -0.25) is 4.79 Å². The summed E-state index contributed by atoms with van der Waals surface area (Å²) in [4.78, 5) is 18.4. The second-order valence-corrected chi connectivity index (χ2v) is 8.79. The first-order chi connectivity index (χ1) is 14.4. The van der Waals surface area contributed by atoms with E-state index in [4.69, 9.17) is 4.84 Å². The Morgan fingerprint density at radius 1 is 1.27 bits per heavy atom. The number of nitrogens with one attached hydrogen (secondary N) is 1. The Morgan fingerprint density at radius 2 is 1.97 bits per heavy atom. The maximum Gasteiger partial charge on any atom is 0.217 e. The highest BCUT2D eigenvalue weighted by atomic mass is 32.1. The topological polar surface area (TPSA) is 79.7 Å². The third-order valence-corrected chi connectivity index (χ3v) is 6.31. The second kappa shape index (κ2) is 8.63. The van der Waals surface area contributed by atoms with E-state index in [1.54, 1.807) is 0 Å². The van der Waals surface area contributed by atoms with Gasteiger partial charge in [0.2, 0.25) is 11.0 Å². The zero-order valence-electron chi connectivity index (χ0n) is 16.8. The number of hydrogen-bond acceptors (Lipinski definition) is 7. The molecule has 30 heavy (non-hydrogen) atoms. The summed E-state index contributed by atoms with van der Waals surface area (Å²) in [6, 6.07) is 2.67. The molecule has 0 saturated carbocycles. The lowest BCUT2D eigenvalue weighted by atomic mass is 9.87. The quantitative estimate of drug-likeness (QED) is 0.781. The number of benzene rings is 1. The van der Waals surface area contributed by atoms with Crippen LogP contribution in [0.25, 0.3) is 0 Å². The van der Waals surface area contributed by atoms with Crippen LogP contribution in [0.5, 0.6) is 0 Å². The number of rotatable bonds is 5. The van der Waals surface area contributed by atoms with Gasteiger partial charge in [0, 0.05) is 37.6 Å². The van der Waals surface area contributed by atoms with Crippen LogP contribution >= 0.6 is 11.3 Å². The summed E-state index contributed by atoms with van der Waals surface area (Å²) in [5.74, 6) is -1.45. The minimum atomic E-state index is -0.553. The van der Waals surface area contributed by atoms with Crippen molar-refractivity contribution < 1.29 is 18.4 Å². The summed E-state index contributed by atoms with van der Waals surface area (Å²) in [6.45, 7) is 5.00. The maximum atomic E-state index is 14.9. The third kappa shape index (κ3) is 4.43. The molecule has 10 heteroatoms. The summed E-state index contributed by atoms with van der Waals surface area (Å²) in [7, 11) is 0. The van der Waals surface area contributed by atoms with E-state index in [-0.39, 0.29) is 23.5 Å². The number of oxime groups is 1. The van der Waals surface area contributed by atoms with Crippen LogP contribution in [0.15, 0.2) is 17.3 Å². The molecular weight excluding hydrogens is 412 g/mol. The Bertz CT molecular complexity index is 949. The number of aromatic nitrogens is 2. The number of halogens is 2. The first-order valence-corrected chi connectivity index (χ1v) is 10.7. The monoisotopic (exact) mass is 435 g/mol. The fraction of sp³-hybridized carbons (Fsp3) is 0.500. The molecule has 1 fully saturated rings. The molecule has 1 amide bonds. The van der Waals surface area contributed by atoms with Crippen LogP contribution in [0.3, 0.4) is 0 Å². The molecule has 160 valence electrons. The number of nitrogens with zero attached hydrogens (tertiary/aromatic N) is 4. The molecule has 3 heterocycles. The number of carbonyl (C=O) groups is 1. The van der Waals surface area contributed by atoms with Crippen LogP contribution in [0.1, 0.15) is 48.2 Å². The molecule has 1 aromatic heterocycles. The molecule has 0 radical (unpaired) electrons. The average molecular weight is 436 g/mol. The van der Waals surface area contributed by atoms with E-state index in [9.17, 15) is 13.6 Å². The van der Waals surface area contributed by atoms with E-state index in [0.29, 0.717) is 50.2 Å². The molecule has 7 nitrogen and oxygen atoms in total. The molecule has 1 unspecified atom stereocenters. The van der Waals surface area contributed by atoms with Crippen LogP contribution < -0.4 is 10.2 Å². The van der Waals surface area contributed by atoms with E-state index in [1.807, 2.05) is 6.92 Å². The van der Waals surface area contributed by atoms with Gasteiger partial charge in [-0.15, -0.1) is 10.2 Å². The van der Waals surface area contributed by atoms with Gasteiger partial charge in [0.05, 0.1) is 12.3 Å². The standard InChI is InChI=1S/C20H23F2N5O2S/c1-11(28)23-10-15-9-18(26-29-15)14-7-16(21)19(17(22)8-14)13-3-5-27(6-4-13)20-25-24-12(2)30-20/h7-8,13,15H,3-6,9-10H2,1-2H3,(H,23,28). The van der Waals surface area contributed by atoms with Crippen molar-refractivity contribution in [1.29, 1.82) is 0 Å². The highest BCUT2D eigenvalue weighted by Gasteiger charge is 2.29. The Balaban J connectivity index is 1.42. The minimum absolute atomic E-state index is 0.140. The fourth-order valence-electron chi connectivity index (χ4n) is 3.88. The maximum absolute atomic E-state index is 14.9. The molecule has 1 atom stereocenters. The van der Waals surface area contributed by atoms with Crippen molar-refractivity contribution in [1.82, 2.24) is 15.5 Å². The molecule has 1 aromatic carbocycles. The van der Waals surface area contributed by atoms with E-state index in [2.05, 4.69) is 25.6 Å². The summed E-state index contributed by atoms with van der Waals surface area (Å²) in [5, 5.41) is 16.6. The van der Waals surface area contributed by atoms with Gasteiger partial charge < -0.3 is 15.1 Å². The van der Waals surface area contributed by atoms with Crippen molar-refractivity contribution in [3.05, 3.63) is 39.9 Å². The largest absolute Gasteiger partial charge is 0.390 e. The third-order valence-electron chi connectivity index (χ3n) is 5.41. The molecule has 0 bridgehead atoms. The molecule has 2 aromatic rings. The van der Waals surface area contributed by atoms with E-state index in [0.717, 1.165) is 10.1 Å². The second-order valence-electron chi connectivity index (χ2n) is 7.63. The van der Waals surface area contributed by atoms with Gasteiger partial charge in [-0.25, -0.2) is 8.78 Å². The van der Waals surface area contributed by atoms with Crippen molar-refractivity contribution in [2.75, 3.05) is 24.5 Å². The van der Waals surface area contributed by atoms with Gasteiger partial charge >= 0.3 is 0 Å². The molecule has 4 rings (SSSR count). The van der Waals surface area contributed by atoms with Gasteiger partial charge in [0.25, 0.3) is 0 Å². The number of aryl methyl sites for hydroxylation is 1. The average Bonchev–Trinajstić information content (AvgIpc) is 3.35. The fourth-order valence-corrected chi connectivity index (χ4v) is 4.62. The lowest BCUT2D eigenvalue weighted by molar-refractivity contribution is -0.119. The molecule has 1 N–H and O–H groups in total. The van der Waals surface area contributed by atoms with E-state index in [1.165, 1.54) is 30.4 Å². The molecular formula is C20H23F2N5O2S. The molecule has 1 saturated heterocycles. The number of anilines is 1. The summed E-state index contributed by atoms with van der Waals surface area (Å²) >= 11 is 1.53. The van der Waals surface area contributed by atoms with E-state index >= 15 is 0 Å². The Hall–Kier alpha value is -2.62. The van der Waals surface area contributed by atoms with Crippen molar-refractivity contribution in [2.45, 2.75) is 45.1 Å². The van der Waals surface area contributed by atoms with E-state index < -0.39 is 11.6 Å². The highest BCUT2D eigenvalue weighted by Crippen LogP contribution is 2.35. The van der Waals surface area contributed by atoms with Gasteiger partial charge in [0.1, 0.15) is 22.7 Å². The number of carbonyl (C=O) groups excluding carboxylic acids is 1. The number of hydrogen-bond donors (Lipinski definition) is 1. The first kappa shape index (κ1) is 20.6. The Labute approximate surface area is 177 Å². The molecule has 0 aliphatic carbocycles. The summed E-state index contributed by atoms with van der Waals surface area (Å²) in [5.41, 5.74) is 0.998. The lowest BCUT2D eigenvalue weighted by Gasteiger charge is -2.32. The van der Waals surface area contributed by atoms with Crippen LogP contribution in [0.4, 0.5) is 13.9 Å². The summed E-state index contributed by atoms with van der Waals surface area (Å²) in [6.07, 6.45) is 1.35. The van der Waals surface area contributed by atoms with Crippen molar-refractivity contribution in [2.24, 2.45) is 5.16 Å². The van der Waals surface area contributed by atoms with Crippen molar-refractivity contribution in [3.8, 4) is 0 Å².